The number of benzene rings is 1. The molecule has 2 N–H and O–H groups in total. The summed E-state index contributed by atoms with van der Waals surface area (Å²) in [4.78, 5) is 2.53. The molecule has 0 spiro atoms. The number of nitrogens with zero attached hydrogens (tertiary/aromatic N) is 1. The van der Waals surface area contributed by atoms with Crippen LogP contribution in [-0.2, 0) is 4.74 Å². The third kappa shape index (κ3) is 2.49. The van der Waals surface area contributed by atoms with Gasteiger partial charge < -0.3 is 15.4 Å². The van der Waals surface area contributed by atoms with Crippen molar-refractivity contribution < 1.29 is 4.74 Å². The van der Waals surface area contributed by atoms with Gasteiger partial charge in [-0.25, -0.2) is 0 Å². The maximum Gasteiger partial charge on any atom is 0.0779 e. The summed E-state index contributed by atoms with van der Waals surface area (Å²) in [6.45, 7) is 4.00. The maximum absolute atomic E-state index is 6.07. The Morgan fingerprint density at radius 1 is 1.32 bits per heavy atom. The summed E-state index contributed by atoms with van der Waals surface area (Å²) in [7, 11) is 0. The van der Waals surface area contributed by atoms with Crippen molar-refractivity contribution in [3.63, 3.8) is 0 Å². The molecule has 0 bridgehead atoms. The van der Waals surface area contributed by atoms with Gasteiger partial charge in [-0.3, -0.25) is 0 Å². The van der Waals surface area contributed by atoms with E-state index < -0.39 is 0 Å². The average Bonchev–Trinajstić information content (AvgIpc) is 2.95. The number of hydrogen-bond acceptors (Lipinski definition) is 3. The topological polar surface area (TPSA) is 38.5 Å². The van der Waals surface area contributed by atoms with E-state index in [2.05, 4.69) is 36.1 Å². The van der Waals surface area contributed by atoms with Crippen LogP contribution < -0.4 is 10.6 Å². The van der Waals surface area contributed by atoms with Crippen molar-refractivity contribution in [2.45, 2.75) is 50.8 Å². The Morgan fingerprint density at radius 2 is 2.11 bits per heavy atom. The van der Waals surface area contributed by atoms with E-state index in [4.69, 9.17) is 10.5 Å². The molecule has 1 aliphatic carbocycles. The van der Waals surface area contributed by atoms with Crippen LogP contribution in [0.15, 0.2) is 24.3 Å². The van der Waals surface area contributed by atoms with Gasteiger partial charge in [0.15, 0.2) is 0 Å². The van der Waals surface area contributed by atoms with Gasteiger partial charge in [-0.1, -0.05) is 19.1 Å². The van der Waals surface area contributed by atoms with Crippen LogP contribution in [0.25, 0.3) is 0 Å². The highest BCUT2D eigenvalue weighted by molar-refractivity contribution is 5.50. The molecule has 3 rings (SSSR count). The molecule has 2 fully saturated rings. The Bertz CT molecular complexity index is 417. The van der Waals surface area contributed by atoms with E-state index in [1.807, 2.05) is 0 Å². The summed E-state index contributed by atoms with van der Waals surface area (Å²) in [6.07, 6.45) is 5.22. The zero-order valence-corrected chi connectivity index (χ0v) is 11.7. The highest BCUT2D eigenvalue weighted by atomic mass is 16.5. The van der Waals surface area contributed by atoms with E-state index in [9.17, 15) is 0 Å². The molecule has 1 aromatic carbocycles. The SMILES string of the molecule is CCC(N)c1ccc(N2CCOC3CCCC32)cc1. The maximum atomic E-state index is 6.07. The Hall–Kier alpha value is -1.06. The zero-order chi connectivity index (χ0) is 13.2. The van der Waals surface area contributed by atoms with Gasteiger partial charge in [0.1, 0.15) is 0 Å². The van der Waals surface area contributed by atoms with Gasteiger partial charge in [-0.2, -0.15) is 0 Å². The number of anilines is 1. The lowest BCUT2D eigenvalue weighted by Gasteiger charge is -2.39. The zero-order valence-electron chi connectivity index (χ0n) is 11.7. The second-order valence-electron chi connectivity index (χ2n) is 5.71. The van der Waals surface area contributed by atoms with Crippen molar-refractivity contribution in [3.05, 3.63) is 29.8 Å². The molecule has 0 radical (unpaired) electrons. The Morgan fingerprint density at radius 3 is 2.84 bits per heavy atom. The van der Waals surface area contributed by atoms with E-state index in [0.717, 1.165) is 19.6 Å². The van der Waals surface area contributed by atoms with E-state index in [0.29, 0.717) is 12.1 Å². The van der Waals surface area contributed by atoms with Gasteiger partial charge in [-0.15, -0.1) is 0 Å². The lowest BCUT2D eigenvalue weighted by molar-refractivity contribution is 0.0256. The first-order chi connectivity index (χ1) is 9.29. The molecule has 0 amide bonds. The fraction of sp³-hybridized carbons (Fsp3) is 0.625. The molecule has 0 aromatic heterocycles. The third-order valence-electron chi connectivity index (χ3n) is 4.57. The molecule has 1 heterocycles. The summed E-state index contributed by atoms with van der Waals surface area (Å²) in [6, 6.07) is 9.57. The summed E-state index contributed by atoms with van der Waals surface area (Å²) >= 11 is 0. The Balaban J connectivity index is 1.77. The highest BCUT2D eigenvalue weighted by Gasteiger charge is 2.36. The number of ether oxygens (including phenoxy) is 1. The highest BCUT2D eigenvalue weighted by Crippen LogP contribution is 2.33. The molecule has 104 valence electrons. The van der Waals surface area contributed by atoms with Crippen LogP contribution >= 0.6 is 0 Å². The average molecular weight is 260 g/mol. The van der Waals surface area contributed by atoms with Gasteiger partial charge in [0.05, 0.1) is 18.8 Å². The second kappa shape index (κ2) is 5.51. The lowest BCUT2D eigenvalue weighted by atomic mass is 10.0. The molecule has 1 aliphatic heterocycles. The first-order valence-electron chi connectivity index (χ1n) is 7.53. The van der Waals surface area contributed by atoms with Crippen LogP contribution in [0, 0.1) is 0 Å². The summed E-state index contributed by atoms with van der Waals surface area (Å²) < 4.78 is 5.87. The Labute approximate surface area is 115 Å². The minimum absolute atomic E-state index is 0.165. The van der Waals surface area contributed by atoms with Crippen LogP contribution in [0.2, 0.25) is 0 Å². The predicted octanol–water partition coefficient (Wildman–Crippen LogP) is 2.85. The molecular formula is C16H24N2O. The molecular weight excluding hydrogens is 236 g/mol. The van der Waals surface area contributed by atoms with Gasteiger partial charge in [0.25, 0.3) is 0 Å². The molecule has 3 nitrogen and oxygen atoms in total. The van der Waals surface area contributed by atoms with E-state index >= 15 is 0 Å². The van der Waals surface area contributed by atoms with Gasteiger partial charge in [-0.05, 0) is 43.4 Å². The smallest absolute Gasteiger partial charge is 0.0779 e. The number of rotatable bonds is 3. The number of nitrogens with two attached hydrogens (primary N) is 1. The van der Waals surface area contributed by atoms with Crippen LogP contribution in [0.1, 0.15) is 44.2 Å². The minimum Gasteiger partial charge on any atom is -0.374 e. The van der Waals surface area contributed by atoms with Gasteiger partial charge >= 0.3 is 0 Å². The molecule has 3 unspecified atom stereocenters. The monoisotopic (exact) mass is 260 g/mol. The van der Waals surface area contributed by atoms with Crippen LogP contribution in [0.4, 0.5) is 5.69 Å². The van der Waals surface area contributed by atoms with Crippen LogP contribution in [-0.4, -0.2) is 25.3 Å². The van der Waals surface area contributed by atoms with Crippen molar-refractivity contribution in [3.8, 4) is 0 Å². The van der Waals surface area contributed by atoms with Crippen molar-refractivity contribution in [1.29, 1.82) is 0 Å². The quantitative estimate of drug-likeness (QED) is 0.908. The summed E-state index contributed by atoms with van der Waals surface area (Å²) in [5.41, 5.74) is 8.64. The van der Waals surface area contributed by atoms with Crippen molar-refractivity contribution in [1.82, 2.24) is 0 Å². The van der Waals surface area contributed by atoms with Crippen LogP contribution in [0.5, 0.6) is 0 Å². The van der Waals surface area contributed by atoms with E-state index in [1.54, 1.807) is 0 Å². The fourth-order valence-corrected chi connectivity index (χ4v) is 3.39. The van der Waals surface area contributed by atoms with Crippen molar-refractivity contribution in [2.24, 2.45) is 5.73 Å². The molecule has 2 aliphatic rings. The van der Waals surface area contributed by atoms with Crippen molar-refractivity contribution >= 4 is 5.69 Å². The largest absolute Gasteiger partial charge is 0.374 e. The fourth-order valence-electron chi connectivity index (χ4n) is 3.39. The number of hydrogen-bond donors (Lipinski definition) is 1. The first-order valence-corrected chi connectivity index (χ1v) is 7.53. The molecule has 3 atom stereocenters. The summed E-state index contributed by atoms with van der Waals surface area (Å²) in [5, 5.41) is 0. The lowest BCUT2D eigenvalue weighted by Crippen LogP contribution is -2.48. The van der Waals surface area contributed by atoms with Gasteiger partial charge in [0, 0.05) is 18.3 Å². The molecule has 19 heavy (non-hydrogen) atoms. The Kier molecular flexibility index (Phi) is 3.76. The molecule has 1 aromatic rings. The molecule has 1 saturated heterocycles. The van der Waals surface area contributed by atoms with E-state index in [1.165, 1.54) is 30.5 Å². The predicted molar refractivity (Wildman–Crippen MR) is 78.4 cm³/mol. The third-order valence-corrected chi connectivity index (χ3v) is 4.57. The van der Waals surface area contributed by atoms with Gasteiger partial charge in [0.2, 0.25) is 0 Å². The molecule has 3 heteroatoms. The second-order valence-corrected chi connectivity index (χ2v) is 5.71. The van der Waals surface area contributed by atoms with Crippen molar-refractivity contribution in [2.75, 3.05) is 18.1 Å². The minimum atomic E-state index is 0.165. The van der Waals surface area contributed by atoms with E-state index in [-0.39, 0.29) is 6.04 Å². The summed E-state index contributed by atoms with van der Waals surface area (Å²) in [5.74, 6) is 0. The standard InChI is InChI=1S/C16H24N2O/c1-2-14(17)12-6-8-13(9-7-12)18-10-11-19-16-5-3-4-15(16)18/h6-9,14-16H,2-5,10-11,17H2,1H3. The normalized spacial score (nSPS) is 28.2. The number of fused-ring (bicyclic) bond motifs is 1. The number of morpholine rings is 1. The first kappa shape index (κ1) is 12.9. The molecule has 1 saturated carbocycles. The van der Waals surface area contributed by atoms with Crippen LogP contribution in [0.3, 0.4) is 0 Å².